The Morgan fingerprint density at radius 3 is 1.25 bits per heavy atom. The fourth-order valence-corrected chi connectivity index (χ4v) is 14.4. The maximum Gasteiger partial charge on any atom is 0.238 e. The predicted molar refractivity (Wildman–Crippen MR) is 479 cm³/mol. The first-order valence-electron chi connectivity index (χ1n) is 52.2. The molecular weight excluding hydrogens is 1630 g/mol. The molecule has 0 saturated carbocycles. The summed E-state index contributed by atoms with van der Waals surface area (Å²) in [5, 5.41) is 1.95. The number of hydrogen-bond donors (Lipinski definition) is 0. The normalized spacial score (nSPS) is 15.1. The number of aromatic nitrogens is 10. The van der Waals surface area contributed by atoms with Crippen LogP contribution in [0.3, 0.4) is 0 Å². The molecule has 0 aliphatic rings. The van der Waals surface area contributed by atoms with Crippen LogP contribution in [0.4, 0.5) is 0 Å². The van der Waals surface area contributed by atoms with Crippen LogP contribution in [0.1, 0.15) is 58.7 Å². The molecule has 22 rings (SSSR count). The molecular formula is C104H76N10O3Pt. The van der Waals surface area contributed by atoms with Crippen LogP contribution in [0, 0.1) is 0 Å². The van der Waals surface area contributed by atoms with E-state index in [1.54, 1.807) is 0 Å². The van der Waals surface area contributed by atoms with Crippen molar-refractivity contribution in [3.05, 3.63) is 400 Å². The standard InChI is InChI=1S/2C51H33N5.2CH4.H2O.2O.Pt/c2*1-4-16-34(17-5-1)37-22-14-24-39(32-37)50-52-49(36-20-8-3-9-21-36)53-51(54-50)56-46-29-13-11-27-42(46)44-31-30-43-41-26-10-12-28-45(41)55(47(43)48(44)56)40-25-15-23-38(33-40)35-18-6-2-7-19-35;;;;;;/h2*1-33H;2*1H4;1H2;;;/i1D,2D,3D,4D,5D,6D,7D,8D,9D,10D,11D,12D,13D,14D,15D,16D,17D,18D,20D,21D,22D,23D,24D,25D,26D,27D,28D,29D,30D,31D,32D,33D;;;;;;;/hD2. The minimum Gasteiger partial charge on any atom is -0.307 e. The third-order valence-electron chi connectivity index (χ3n) is 19.3. The Balaban J connectivity index is 0.000000210. The van der Waals surface area contributed by atoms with E-state index in [-0.39, 0.29) is 14.9 Å². The zero-order valence-electron chi connectivity index (χ0n) is 93.6. The van der Waals surface area contributed by atoms with E-state index in [0.717, 1.165) is 82.4 Å². The van der Waals surface area contributed by atoms with E-state index >= 15 is 0 Å². The molecule has 570 valence electrons. The van der Waals surface area contributed by atoms with Crippen LogP contribution in [-0.2, 0) is 25.3 Å². The van der Waals surface area contributed by atoms with Gasteiger partial charge < -0.3 is 14.6 Å². The Morgan fingerprint density at radius 1 is 0.246 bits per heavy atom. The van der Waals surface area contributed by atoms with Crippen molar-refractivity contribution >= 4 is 87.2 Å². The van der Waals surface area contributed by atoms with Crippen molar-refractivity contribution < 1.29 is 74.6 Å². The van der Waals surface area contributed by atoms with E-state index < -0.39 is 312 Å². The molecule has 0 amide bonds. The van der Waals surface area contributed by atoms with Crippen LogP contribution in [0.25, 0.3) is 201 Å². The van der Waals surface area contributed by atoms with E-state index in [2.05, 4.69) is 205 Å². The maximum absolute atomic E-state index is 9.88. The van der Waals surface area contributed by atoms with Gasteiger partial charge in [-0.05, 0) is 105 Å². The van der Waals surface area contributed by atoms with Crippen molar-refractivity contribution in [1.82, 2.24) is 48.2 Å². The molecule has 0 spiro atoms. The number of nitrogens with zero attached hydrogens (tertiary/aromatic N) is 10. The Labute approximate surface area is 737 Å². The number of hydrogen-bond acceptors (Lipinski definition) is 8. The number of rotatable bonds is 12. The first-order chi connectivity index (χ1) is 71.7. The van der Waals surface area contributed by atoms with Crippen LogP contribution in [0.15, 0.2) is 400 Å². The van der Waals surface area contributed by atoms with Crippen LogP contribution < -0.4 is 0 Å². The molecule has 0 radical (unpaired) electrons. The summed E-state index contributed by atoms with van der Waals surface area (Å²) in [5.74, 6) is -1.26. The van der Waals surface area contributed by atoms with Gasteiger partial charge >= 0.3 is 25.3 Å². The first kappa shape index (κ1) is 45.8. The van der Waals surface area contributed by atoms with Gasteiger partial charge in [0.1, 0.15) is 0 Å². The monoisotopic (exact) mass is 1740 g/mol. The predicted octanol–water partition coefficient (Wildman–Crippen LogP) is 25.7. The molecule has 22 aromatic rings. The second kappa shape index (κ2) is 32.8. The van der Waals surface area contributed by atoms with Gasteiger partial charge in [0.15, 0.2) is 23.3 Å². The molecule has 16 aromatic carbocycles. The molecule has 2 N–H and O–H groups in total. The summed E-state index contributed by atoms with van der Waals surface area (Å²) in [6, 6.07) is 40.2. The molecule has 0 atom stereocenters. The molecule has 0 fully saturated rings. The third-order valence-corrected chi connectivity index (χ3v) is 19.3. The van der Waals surface area contributed by atoms with E-state index in [1.807, 2.05) is 24.3 Å². The maximum atomic E-state index is 9.88. The third kappa shape index (κ3) is 13.7. The zero-order valence-corrected chi connectivity index (χ0v) is 61.9. The minimum absolute atomic E-state index is 0. The molecule has 6 heterocycles. The minimum atomic E-state index is -1.92. The van der Waals surface area contributed by atoms with E-state index in [1.165, 1.54) is 10.9 Å². The van der Waals surface area contributed by atoms with Gasteiger partial charge in [0.25, 0.3) is 0 Å². The van der Waals surface area contributed by atoms with Crippen molar-refractivity contribution in [1.29, 1.82) is 2.86 Å². The van der Waals surface area contributed by atoms with Crippen molar-refractivity contribution in [3.63, 3.8) is 0 Å². The quantitative estimate of drug-likeness (QED) is 0.117. The molecule has 0 saturated heterocycles. The van der Waals surface area contributed by atoms with Crippen LogP contribution in [-0.4, -0.2) is 56.5 Å². The van der Waals surface area contributed by atoms with Crippen molar-refractivity contribution in [2.45, 2.75) is 14.9 Å². The summed E-state index contributed by atoms with van der Waals surface area (Å²) < 4.78 is 322. The molecule has 14 heteroatoms. The second-order valence-electron chi connectivity index (χ2n) is 25.8. The summed E-state index contributed by atoms with van der Waals surface area (Å²) in [4.78, 5) is 29.3. The average molecular weight is 1740 g/mol. The van der Waals surface area contributed by atoms with Gasteiger partial charge in [-0.25, -0.2) is 9.97 Å². The van der Waals surface area contributed by atoms with Crippen molar-refractivity contribution in [3.8, 4) is 113 Å². The van der Waals surface area contributed by atoms with Gasteiger partial charge in [0.2, 0.25) is 14.8 Å². The van der Waals surface area contributed by atoms with Crippen LogP contribution >= 0.6 is 0 Å². The Hall–Kier alpha value is -15.0. The average Bonchev–Trinajstić information content (AvgIpc) is 1.50. The number of para-hydroxylation sites is 4. The molecule has 0 aliphatic heterocycles. The summed E-state index contributed by atoms with van der Waals surface area (Å²) in [6.45, 7) is 0. The summed E-state index contributed by atoms with van der Waals surface area (Å²) in [6.07, 6.45) is 0. The van der Waals surface area contributed by atoms with E-state index in [9.17, 15) is 15.1 Å². The summed E-state index contributed by atoms with van der Waals surface area (Å²) in [5.41, 5.74) is 5.89. The molecule has 0 unspecified atom stereocenters. The van der Waals surface area contributed by atoms with Gasteiger partial charge in [-0.1, -0.05) is 354 Å². The molecule has 118 heavy (non-hydrogen) atoms. The first-order valence-corrected chi connectivity index (χ1v) is 37.2. The Bertz CT molecular complexity index is 9560. The summed E-state index contributed by atoms with van der Waals surface area (Å²) >= 11 is -1.92. The summed E-state index contributed by atoms with van der Waals surface area (Å²) in [7, 11) is 0. The smallest absolute Gasteiger partial charge is 0.238 e. The Kier molecular flexibility index (Phi) is 12.7. The zero-order chi connectivity index (χ0) is 107. The van der Waals surface area contributed by atoms with Gasteiger partial charge in [0, 0.05) is 76.7 Å². The number of fused-ring (bicyclic) bond motifs is 14. The number of benzene rings is 16. The SMILES string of the molecule is C.C.[2H]O[2H].[2H]c1cc(-c2c([2H])c([2H])c([2H])c(-n3c4c([2H])c([2H])c([2H])c([2H])c4c4c([2H])c([2H])c5c6c([2H])c([2H])c([2H])c([2H])c6n(-c6nc(-c7c([2H])c([2H])c([2H])c([2H])c7[2H])nc(-c7c([2H])c([2H])c([2H])c(-c8c([2H])c([2H])c([2H])c([2H])c8[2H])c7[2H])n6)c5c43)c2[2H])c([2H])c([2H])c1[2H].[O]=[Pt]=[O].c1ccc(-c2cccc(-c3nc(-c4ccccc4)nc(-n4c5ccccc5c5ccc6c7ccccc7n(-c7cccc(-c8ccccc8)c7)c6c54)n3)c2)cc1. The fourth-order valence-electron chi connectivity index (χ4n) is 14.4. The Morgan fingerprint density at radius 2 is 0.636 bits per heavy atom. The van der Waals surface area contributed by atoms with E-state index in [4.69, 9.17) is 53.4 Å². The van der Waals surface area contributed by atoms with Crippen molar-refractivity contribution in [2.75, 3.05) is 0 Å². The topological polar surface area (TPSA) is 163 Å². The second-order valence-corrected chi connectivity index (χ2v) is 26.2. The van der Waals surface area contributed by atoms with Gasteiger partial charge in [-0.3, -0.25) is 9.13 Å². The molecule has 0 bridgehead atoms. The fraction of sp³-hybridized carbons (Fsp3) is 0.0192. The van der Waals surface area contributed by atoms with Gasteiger partial charge in [-0.15, -0.1) is 0 Å². The van der Waals surface area contributed by atoms with Crippen LogP contribution in [0.2, 0.25) is 0 Å². The van der Waals surface area contributed by atoms with Gasteiger partial charge in [-0.2, -0.15) is 19.9 Å². The largest absolute Gasteiger partial charge is 0.307 e. The van der Waals surface area contributed by atoms with Crippen LogP contribution in [0.5, 0.6) is 0 Å². The molecule has 0 aliphatic carbocycles. The molecule has 6 aromatic heterocycles. The van der Waals surface area contributed by atoms with E-state index in [0.29, 0.717) is 22.2 Å². The van der Waals surface area contributed by atoms with Crippen molar-refractivity contribution in [2.24, 2.45) is 0 Å². The molecule has 13 nitrogen and oxygen atoms in total. The van der Waals surface area contributed by atoms with Gasteiger partial charge in [0.05, 0.1) is 88.0 Å².